The Morgan fingerprint density at radius 3 is 2.75 bits per heavy atom. The number of anilines is 1. The van der Waals surface area contributed by atoms with Crippen LogP contribution in [0.5, 0.6) is 0 Å². The normalized spacial score (nSPS) is 24.8. The highest BCUT2D eigenvalue weighted by molar-refractivity contribution is 6.28. The van der Waals surface area contributed by atoms with E-state index in [1.807, 2.05) is 6.07 Å². The largest absolute Gasteiger partial charge is 0.367 e. The van der Waals surface area contributed by atoms with E-state index in [1.54, 1.807) is 6.20 Å². The van der Waals surface area contributed by atoms with Crippen molar-refractivity contribution in [2.45, 2.75) is 31.7 Å². The molecule has 0 bridgehead atoms. The van der Waals surface area contributed by atoms with Crippen LogP contribution in [0.1, 0.15) is 25.7 Å². The van der Waals surface area contributed by atoms with Crippen molar-refractivity contribution < 1.29 is 0 Å². The van der Waals surface area contributed by atoms with Crippen LogP contribution in [0.4, 0.5) is 5.82 Å². The predicted octanol–water partition coefficient (Wildman–Crippen LogP) is 2.62. The molecular formula is C11H13ClN4. The first-order chi connectivity index (χ1) is 7.78. The quantitative estimate of drug-likeness (QED) is 0.802. The number of aromatic nitrogens is 2. The van der Waals surface area contributed by atoms with Crippen molar-refractivity contribution in [3.8, 4) is 6.07 Å². The molecule has 1 fully saturated rings. The predicted molar refractivity (Wildman–Crippen MR) is 62.0 cm³/mol. The van der Waals surface area contributed by atoms with E-state index in [-0.39, 0.29) is 11.2 Å². The van der Waals surface area contributed by atoms with Crippen molar-refractivity contribution in [3.63, 3.8) is 0 Å². The second kappa shape index (κ2) is 5.13. The molecule has 5 heteroatoms. The first kappa shape index (κ1) is 11.2. The lowest BCUT2D eigenvalue weighted by atomic mass is 9.87. The van der Waals surface area contributed by atoms with E-state index in [4.69, 9.17) is 16.9 Å². The van der Waals surface area contributed by atoms with Crippen molar-refractivity contribution >= 4 is 17.4 Å². The Kier molecular flexibility index (Phi) is 3.58. The number of nitrogens with zero attached hydrogens (tertiary/aromatic N) is 3. The van der Waals surface area contributed by atoms with Crippen molar-refractivity contribution in [2.24, 2.45) is 5.92 Å². The Bertz CT molecular complexity index is 393. The average molecular weight is 237 g/mol. The summed E-state index contributed by atoms with van der Waals surface area (Å²) in [5, 5.41) is 12.4. The zero-order valence-electron chi connectivity index (χ0n) is 8.86. The third-order valence-electron chi connectivity index (χ3n) is 2.89. The van der Waals surface area contributed by atoms with Gasteiger partial charge >= 0.3 is 0 Å². The van der Waals surface area contributed by atoms with Gasteiger partial charge in [-0.25, -0.2) is 9.97 Å². The fraction of sp³-hybridized carbons (Fsp3) is 0.545. The lowest BCUT2D eigenvalue weighted by Gasteiger charge is -2.25. The molecule has 1 N–H and O–H groups in total. The van der Waals surface area contributed by atoms with Gasteiger partial charge in [0, 0.05) is 18.2 Å². The van der Waals surface area contributed by atoms with Crippen LogP contribution in [0.25, 0.3) is 0 Å². The second-order valence-corrected chi connectivity index (χ2v) is 4.37. The Labute approximate surface area is 99.7 Å². The number of hydrogen-bond acceptors (Lipinski definition) is 4. The second-order valence-electron chi connectivity index (χ2n) is 4.03. The van der Waals surface area contributed by atoms with Gasteiger partial charge in [0.2, 0.25) is 5.28 Å². The standard InChI is InChI=1S/C11H13ClN4/c12-11-14-6-5-10(16-11)15-9-3-1-8(7-13)2-4-9/h5-6,8-9H,1-4H2,(H,14,15,16). The Hall–Kier alpha value is -1.34. The van der Waals surface area contributed by atoms with Crippen molar-refractivity contribution in [2.75, 3.05) is 5.32 Å². The molecule has 1 aromatic rings. The van der Waals surface area contributed by atoms with Gasteiger partial charge < -0.3 is 5.32 Å². The van der Waals surface area contributed by atoms with Crippen LogP contribution in [0, 0.1) is 17.2 Å². The molecule has 4 nitrogen and oxygen atoms in total. The zero-order valence-corrected chi connectivity index (χ0v) is 9.61. The van der Waals surface area contributed by atoms with Crippen LogP contribution in [0.3, 0.4) is 0 Å². The highest BCUT2D eigenvalue weighted by atomic mass is 35.5. The summed E-state index contributed by atoms with van der Waals surface area (Å²) in [5.74, 6) is 0.993. The fourth-order valence-electron chi connectivity index (χ4n) is 1.99. The fourth-order valence-corrected chi connectivity index (χ4v) is 2.14. The third-order valence-corrected chi connectivity index (χ3v) is 3.07. The van der Waals surface area contributed by atoms with Crippen LogP contribution in [0.15, 0.2) is 12.3 Å². The van der Waals surface area contributed by atoms with Crippen molar-refractivity contribution in [1.29, 1.82) is 5.26 Å². The Balaban J connectivity index is 1.90. The van der Waals surface area contributed by atoms with Gasteiger partial charge in [-0.05, 0) is 43.4 Å². The van der Waals surface area contributed by atoms with E-state index in [0.717, 1.165) is 31.5 Å². The SMILES string of the molecule is N#CC1CCC(Nc2ccnc(Cl)n2)CC1. The number of hydrogen-bond donors (Lipinski definition) is 1. The van der Waals surface area contributed by atoms with E-state index in [2.05, 4.69) is 21.4 Å². The minimum atomic E-state index is 0.229. The van der Waals surface area contributed by atoms with Crippen LogP contribution in [-0.2, 0) is 0 Å². The van der Waals surface area contributed by atoms with Crippen LogP contribution >= 0.6 is 11.6 Å². The van der Waals surface area contributed by atoms with E-state index in [1.165, 1.54) is 0 Å². The molecule has 1 aliphatic carbocycles. The molecule has 0 amide bonds. The molecule has 1 aliphatic rings. The van der Waals surface area contributed by atoms with Gasteiger partial charge in [0.15, 0.2) is 0 Å². The van der Waals surface area contributed by atoms with E-state index in [9.17, 15) is 0 Å². The topological polar surface area (TPSA) is 61.6 Å². The summed E-state index contributed by atoms with van der Waals surface area (Å²) >= 11 is 5.70. The number of rotatable bonds is 2. The molecule has 0 atom stereocenters. The molecule has 0 saturated heterocycles. The maximum atomic E-state index is 8.79. The lowest BCUT2D eigenvalue weighted by molar-refractivity contribution is 0.397. The third kappa shape index (κ3) is 2.83. The first-order valence-corrected chi connectivity index (χ1v) is 5.80. The van der Waals surface area contributed by atoms with Gasteiger partial charge in [-0.3, -0.25) is 0 Å². The molecule has 16 heavy (non-hydrogen) atoms. The average Bonchev–Trinajstić information content (AvgIpc) is 2.30. The van der Waals surface area contributed by atoms with E-state index < -0.39 is 0 Å². The highest BCUT2D eigenvalue weighted by Crippen LogP contribution is 2.25. The first-order valence-electron chi connectivity index (χ1n) is 5.42. The Morgan fingerprint density at radius 1 is 1.38 bits per heavy atom. The molecule has 0 spiro atoms. The Morgan fingerprint density at radius 2 is 2.12 bits per heavy atom. The summed E-state index contributed by atoms with van der Waals surface area (Å²) in [4.78, 5) is 7.91. The van der Waals surface area contributed by atoms with Crippen molar-refractivity contribution in [3.05, 3.63) is 17.5 Å². The minimum absolute atomic E-state index is 0.229. The summed E-state index contributed by atoms with van der Waals surface area (Å²) in [7, 11) is 0. The molecule has 0 aromatic carbocycles. The minimum Gasteiger partial charge on any atom is -0.367 e. The lowest BCUT2D eigenvalue weighted by Crippen LogP contribution is -2.26. The molecule has 1 heterocycles. The maximum absolute atomic E-state index is 8.79. The number of halogens is 1. The maximum Gasteiger partial charge on any atom is 0.224 e. The molecule has 1 aromatic heterocycles. The monoisotopic (exact) mass is 236 g/mol. The van der Waals surface area contributed by atoms with Gasteiger partial charge in [0.25, 0.3) is 0 Å². The van der Waals surface area contributed by atoms with Gasteiger partial charge in [-0.2, -0.15) is 5.26 Å². The van der Waals surface area contributed by atoms with Crippen LogP contribution < -0.4 is 5.32 Å². The van der Waals surface area contributed by atoms with E-state index in [0.29, 0.717) is 6.04 Å². The summed E-state index contributed by atoms with van der Waals surface area (Å²) in [6.45, 7) is 0. The number of nitrogens with one attached hydrogen (secondary N) is 1. The molecular weight excluding hydrogens is 224 g/mol. The summed E-state index contributed by atoms with van der Waals surface area (Å²) in [6, 6.07) is 4.53. The summed E-state index contributed by atoms with van der Waals surface area (Å²) in [5.41, 5.74) is 0. The van der Waals surface area contributed by atoms with Gasteiger partial charge in [-0.1, -0.05) is 0 Å². The molecule has 2 rings (SSSR count). The molecule has 84 valence electrons. The van der Waals surface area contributed by atoms with E-state index >= 15 is 0 Å². The van der Waals surface area contributed by atoms with Crippen LogP contribution in [0.2, 0.25) is 5.28 Å². The molecule has 0 radical (unpaired) electrons. The summed E-state index contributed by atoms with van der Waals surface area (Å²) < 4.78 is 0. The molecule has 0 unspecified atom stereocenters. The molecule has 1 saturated carbocycles. The smallest absolute Gasteiger partial charge is 0.224 e. The number of nitriles is 1. The van der Waals surface area contributed by atoms with Crippen molar-refractivity contribution in [1.82, 2.24) is 9.97 Å². The van der Waals surface area contributed by atoms with Gasteiger partial charge in [0.1, 0.15) is 5.82 Å². The van der Waals surface area contributed by atoms with Crippen LogP contribution in [-0.4, -0.2) is 16.0 Å². The highest BCUT2D eigenvalue weighted by Gasteiger charge is 2.20. The van der Waals surface area contributed by atoms with Gasteiger partial charge in [0.05, 0.1) is 6.07 Å². The van der Waals surface area contributed by atoms with Gasteiger partial charge in [-0.15, -0.1) is 0 Å². The zero-order chi connectivity index (χ0) is 11.4. The summed E-state index contributed by atoms with van der Waals surface area (Å²) in [6.07, 6.45) is 5.60. The molecule has 0 aliphatic heterocycles.